The molecule has 0 aliphatic rings. The summed E-state index contributed by atoms with van der Waals surface area (Å²) in [6.45, 7) is 1.91. The Hall–Kier alpha value is -3.26. The number of carbonyl (C=O) groups excluding carboxylic acids is 1. The average molecular weight is 426 g/mol. The number of hydrogen-bond acceptors (Lipinski definition) is 6. The summed E-state index contributed by atoms with van der Waals surface area (Å²) in [7, 11) is 3.09. The summed E-state index contributed by atoms with van der Waals surface area (Å²) in [4.78, 5) is 32.2. The second-order valence-electron chi connectivity index (χ2n) is 6.38. The van der Waals surface area contributed by atoms with E-state index in [-0.39, 0.29) is 11.5 Å². The van der Waals surface area contributed by atoms with E-state index >= 15 is 0 Å². The lowest BCUT2D eigenvalue weighted by Gasteiger charge is -2.15. The first-order chi connectivity index (χ1) is 14.5. The van der Waals surface area contributed by atoms with Gasteiger partial charge in [0, 0.05) is 23.4 Å². The third kappa shape index (κ3) is 5.21. The lowest BCUT2D eigenvalue weighted by molar-refractivity contribution is -0.115. The lowest BCUT2D eigenvalue weighted by Crippen LogP contribution is -2.25. The van der Waals surface area contributed by atoms with E-state index in [1.165, 1.54) is 24.9 Å². The number of H-pyrrole nitrogens is 1. The predicted octanol–water partition coefficient (Wildman–Crippen LogP) is 3.96. The maximum atomic E-state index is 12.8. The lowest BCUT2D eigenvalue weighted by atomic mass is 10.1. The molecule has 0 aliphatic carbocycles. The molecule has 3 rings (SSSR count). The van der Waals surface area contributed by atoms with Gasteiger partial charge in [0.05, 0.1) is 25.2 Å². The fraction of sp³-hybridized carbons (Fsp3) is 0.227. The maximum absolute atomic E-state index is 12.8. The minimum Gasteiger partial charge on any atom is -0.493 e. The van der Waals surface area contributed by atoms with E-state index in [2.05, 4.69) is 15.3 Å². The third-order valence-electron chi connectivity index (χ3n) is 4.36. The molecule has 3 aromatic rings. The quantitative estimate of drug-likeness (QED) is 0.419. The third-order valence-corrected chi connectivity index (χ3v) is 5.61. The Balaban J connectivity index is 1.77. The number of thioether (sulfide) groups is 1. The van der Waals surface area contributed by atoms with E-state index < -0.39 is 5.25 Å². The number of benzene rings is 2. The number of amides is 1. The van der Waals surface area contributed by atoms with Crippen molar-refractivity contribution in [3.63, 3.8) is 0 Å². The van der Waals surface area contributed by atoms with Gasteiger partial charge in [-0.2, -0.15) is 0 Å². The molecule has 0 radical (unpaired) electrons. The average Bonchev–Trinajstić information content (AvgIpc) is 2.77. The topological polar surface area (TPSA) is 93.3 Å². The first kappa shape index (κ1) is 21.4. The standard InChI is InChI=1S/C22H23N3O4S/c1-4-19(21(27)23-15-10-11-17(28-2)18(12-15)29-3)30-22-24-16(13-20(26)25-22)14-8-6-5-7-9-14/h5-13,19H,4H2,1-3H3,(H,23,27)(H,24,25,26). The summed E-state index contributed by atoms with van der Waals surface area (Å²) in [5, 5.41) is 2.85. The number of rotatable bonds is 8. The number of nitrogens with one attached hydrogen (secondary N) is 2. The zero-order valence-electron chi connectivity index (χ0n) is 17.0. The van der Waals surface area contributed by atoms with Crippen molar-refractivity contribution in [2.24, 2.45) is 0 Å². The Bertz CT molecular complexity index is 1070. The molecule has 156 valence electrons. The van der Waals surface area contributed by atoms with Gasteiger partial charge < -0.3 is 19.8 Å². The summed E-state index contributed by atoms with van der Waals surface area (Å²) in [5.74, 6) is 0.913. The minimum absolute atomic E-state index is 0.192. The van der Waals surface area contributed by atoms with Gasteiger partial charge in [-0.1, -0.05) is 49.0 Å². The van der Waals surface area contributed by atoms with Crippen molar-refractivity contribution in [2.75, 3.05) is 19.5 Å². The highest BCUT2D eigenvalue weighted by molar-refractivity contribution is 8.00. The van der Waals surface area contributed by atoms with Crippen LogP contribution >= 0.6 is 11.8 Å². The monoisotopic (exact) mass is 425 g/mol. The van der Waals surface area contributed by atoms with Crippen LogP contribution in [0.2, 0.25) is 0 Å². The highest BCUT2D eigenvalue weighted by Crippen LogP contribution is 2.31. The van der Waals surface area contributed by atoms with Crippen LogP contribution in [-0.4, -0.2) is 35.3 Å². The molecule has 0 bridgehead atoms. The highest BCUT2D eigenvalue weighted by atomic mass is 32.2. The Morgan fingerprint density at radius 1 is 1.10 bits per heavy atom. The van der Waals surface area contributed by atoms with E-state index in [1.807, 2.05) is 37.3 Å². The second-order valence-corrected chi connectivity index (χ2v) is 7.57. The molecule has 1 heterocycles. The Morgan fingerprint density at radius 2 is 1.83 bits per heavy atom. The van der Waals surface area contributed by atoms with E-state index in [4.69, 9.17) is 9.47 Å². The number of aromatic amines is 1. The van der Waals surface area contributed by atoms with Crippen LogP contribution in [0.3, 0.4) is 0 Å². The van der Waals surface area contributed by atoms with Crippen LogP contribution in [0.1, 0.15) is 13.3 Å². The number of anilines is 1. The second kappa shape index (κ2) is 9.98. The maximum Gasteiger partial charge on any atom is 0.252 e. The number of nitrogens with zero attached hydrogens (tertiary/aromatic N) is 1. The van der Waals surface area contributed by atoms with Gasteiger partial charge in [-0.15, -0.1) is 0 Å². The molecule has 1 amide bonds. The highest BCUT2D eigenvalue weighted by Gasteiger charge is 2.20. The molecule has 30 heavy (non-hydrogen) atoms. The molecule has 2 N–H and O–H groups in total. The van der Waals surface area contributed by atoms with Crippen molar-refractivity contribution in [1.82, 2.24) is 9.97 Å². The van der Waals surface area contributed by atoms with Gasteiger partial charge in [0.2, 0.25) is 5.91 Å². The van der Waals surface area contributed by atoms with Gasteiger partial charge in [0.25, 0.3) is 5.56 Å². The molecular weight excluding hydrogens is 402 g/mol. The van der Waals surface area contributed by atoms with Crippen LogP contribution in [-0.2, 0) is 4.79 Å². The van der Waals surface area contributed by atoms with Gasteiger partial charge in [-0.3, -0.25) is 9.59 Å². The summed E-state index contributed by atoms with van der Waals surface area (Å²) >= 11 is 1.22. The number of carbonyl (C=O) groups is 1. The van der Waals surface area contributed by atoms with Gasteiger partial charge >= 0.3 is 0 Å². The summed E-state index contributed by atoms with van der Waals surface area (Å²) in [6, 6.07) is 16.1. The number of aromatic nitrogens is 2. The molecule has 1 atom stereocenters. The largest absolute Gasteiger partial charge is 0.493 e. The van der Waals surface area contributed by atoms with E-state index in [1.54, 1.807) is 25.3 Å². The smallest absolute Gasteiger partial charge is 0.252 e. The van der Waals surface area contributed by atoms with Crippen LogP contribution in [0.15, 0.2) is 64.5 Å². The van der Waals surface area contributed by atoms with Crippen molar-refractivity contribution in [3.8, 4) is 22.8 Å². The zero-order chi connectivity index (χ0) is 21.5. The Morgan fingerprint density at radius 3 is 2.50 bits per heavy atom. The minimum atomic E-state index is -0.438. The molecule has 0 saturated carbocycles. The van der Waals surface area contributed by atoms with Crippen molar-refractivity contribution in [3.05, 3.63) is 65.0 Å². The van der Waals surface area contributed by atoms with Crippen molar-refractivity contribution in [2.45, 2.75) is 23.8 Å². The fourth-order valence-electron chi connectivity index (χ4n) is 2.84. The predicted molar refractivity (Wildman–Crippen MR) is 118 cm³/mol. The normalized spacial score (nSPS) is 11.6. The molecule has 2 aromatic carbocycles. The van der Waals surface area contributed by atoms with E-state index in [0.29, 0.717) is 34.5 Å². The van der Waals surface area contributed by atoms with Gasteiger partial charge in [0.15, 0.2) is 16.7 Å². The molecule has 1 aromatic heterocycles. The Kier molecular flexibility index (Phi) is 7.13. The van der Waals surface area contributed by atoms with E-state index in [9.17, 15) is 9.59 Å². The molecule has 0 fully saturated rings. The molecule has 1 unspecified atom stereocenters. The summed E-state index contributed by atoms with van der Waals surface area (Å²) < 4.78 is 10.5. The summed E-state index contributed by atoms with van der Waals surface area (Å²) in [5.41, 5.74) is 1.74. The van der Waals surface area contributed by atoms with Crippen LogP contribution in [0.4, 0.5) is 5.69 Å². The Labute approximate surface area is 178 Å². The van der Waals surface area contributed by atoms with Crippen LogP contribution in [0.5, 0.6) is 11.5 Å². The fourth-order valence-corrected chi connectivity index (χ4v) is 3.75. The van der Waals surface area contributed by atoms with Crippen LogP contribution in [0.25, 0.3) is 11.3 Å². The molecule has 0 spiro atoms. The number of methoxy groups -OCH3 is 2. The van der Waals surface area contributed by atoms with Gasteiger partial charge in [0.1, 0.15) is 0 Å². The SMILES string of the molecule is CCC(Sc1nc(-c2ccccc2)cc(=O)[nH]1)C(=O)Nc1ccc(OC)c(OC)c1. The van der Waals surface area contributed by atoms with Gasteiger partial charge in [-0.25, -0.2) is 4.98 Å². The molecular formula is C22H23N3O4S. The van der Waals surface area contributed by atoms with Crippen molar-refractivity contribution >= 4 is 23.4 Å². The molecule has 8 heteroatoms. The molecule has 7 nitrogen and oxygen atoms in total. The van der Waals surface area contributed by atoms with Gasteiger partial charge in [-0.05, 0) is 18.6 Å². The number of ether oxygens (including phenoxy) is 2. The molecule has 0 aliphatic heterocycles. The van der Waals surface area contributed by atoms with Crippen LogP contribution < -0.4 is 20.3 Å². The van der Waals surface area contributed by atoms with Crippen molar-refractivity contribution in [1.29, 1.82) is 0 Å². The van der Waals surface area contributed by atoms with E-state index in [0.717, 1.165) is 5.56 Å². The van der Waals surface area contributed by atoms with Crippen LogP contribution in [0, 0.1) is 0 Å². The molecule has 0 saturated heterocycles. The first-order valence-electron chi connectivity index (χ1n) is 9.40. The zero-order valence-corrected chi connectivity index (χ0v) is 17.8. The summed E-state index contributed by atoms with van der Waals surface area (Å²) in [6.07, 6.45) is 0.559. The first-order valence-corrected chi connectivity index (χ1v) is 10.3. The number of hydrogen-bond donors (Lipinski definition) is 2. The van der Waals surface area contributed by atoms with Crippen molar-refractivity contribution < 1.29 is 14.3 Å².